The Morgan fingerprint density at radius 3 is 2.14 bits per heavy atom. The van der Waals surface area contributed by atoms with Gasteiger partial charge in [0.15, 0.2) is 11.5 Å². The average molecular weight is 650 g/mol. The van der Waals surface area contributed by atoms with Crippen LogP contribution in [-0.4, -0.2) is 44.6 Å². The molecule has 4 aromatic carbocycles. The first kappa shape index (κ1) is 30.2. The molecule has 0 atom stereocenters. The van der Waals surface area contributed by atoms with Crippen molar-refractivity contribution in [2.45, 2.75) is 33.6 Å². The second-order valence-electron chi connectivity index (χ2n) is 12.3. The van der Waals surface area contributed by atoms with Gasteiger partial charge in [-0.1, -0.05) is 48.5 Å². The third-order valence-electron chi connectivity index (χ3n) is 9.12. The lowest BCUT2D eigenvalue weighted by atomic mass is 9.95. The van der Waals surface area contributed by atoms with E-state index in [4.69, 9.17) is 35.1 Å². The molecular weight excluding hydrogens is 614 g/mol. The minimum absolute atomic E-state index is 0.249. The Kier molecular flexibility index (Phi) is 7.48. The first-order valence-corrected chi connectivity index (χ1v) is 16.1. The van der Waals surface area contributed by atoms with Gasteiger partial charge in [0.05, 0.1) is 41.8 Å². The molecule has 0 fully saturated rings. The van der Waals surface area contributed by atoms with Crippen molar-refractivity contribution >= 4 is 17.1 Å². The summed E-state index contributed by atoms with van der Waals surface area (Å²) in [6.07, 6.45) is 3.31. The topological polar surface area (TPSA) is 114 Å². The quantitative estimate of drug-likeness (QED) is 0.221. The summed E-state index contributed by atoms with van der Waals surface area (Å²) in [6, 6.07) is 28.2. The Bertz CT molecular complexity index is 2280. The van der Waals surface area contributed by atoms with Crippen LogP contribution in [0.5, 0.6) is 17.2 Å². The minimum Gasteiger partial charge on any atom is -0.497 e. The number of anilines is 1. The molecule has 244 valence electrons. The van der Waals surface area contributed by atoms with Gasteiger partial charge in [-0.15, -0.1) is 0 Å². The van der Waals surface area contributed by atoms with Gasteiger partial charge in [0.25, 0.3) is 0 Å². The van der Waals surface area contributed by atoms with Crippen LogP contribution in [0, 0.1) is 20.8 Å². The highest BCUT2D eigenvalue weighted by atomic mass is 16.7. The molecule has 0 unspecified atom stereocenters. The minimum atomic E-state index is 0.249. The second kappa shape index (κ2) is 12.1. The van der Waals surface area contributed by atoms with E-state index in [-0.39, 0.29) is 6.79 Å². The predicted octanol–water partition coefficient (Wildman–Crippen LogP) is 6.42. The number of nitrogens with zero attached hydrogens (tertiary/aromatic N) is 6. The highest BCUT2D eigenvalue weighted by Gasteiger charge is 2.26. The third kappa shape index (κ3) is 5.50. The van der Waals surface area contributed by atoms with Gasteiger partial charge in [-0.25, -0.2) is 19.3 Å². The van der Waals surface area contributed by atoms with Gasteiger partial charge in [-0.05, 0) is 68.3 Å². The highest BCUT2D eigenvalue weighted by molar-refractivity contribution is 6.15. The molecule has 2 aromatic heterocycles. The van der Waals surface area contributed by atoms with Crippen LogP contribution in [0.1, 0.15) is 62.1 Å². The molecule has 6 aromatic rings. The zero-order valence-corrected chi connectivity index (χ0v) is 27.8. The normalized spacial score (nSPS) is 13.7. The summed E-state index contributed by atoms with van der Waals surface area (Å²) < 4.78 is 20.5. The molecular formula is C39H35N7O3. The smallest absolute Gasteiger partial charge is 0.231 e. The molecule has 10 heteroatoms. The molecule has 0 saturated heterocycles. The van der Waals surface area contributed by atoms with Crippen molar-refractivity contribution in [1.82, 2.24) is 19.3 Å². The molecule has 0 aliphatic carbocycles. The van der Waals surface area contributed by atoms with Crippen molar-refractivity contribution in [2.24, 2.45) is 10.2 Å². The number of aryl methyl sites for hydroxylation is 2. The first-order chi connectivity index (χ1) is 23.9. The van der Waals surface area contributed by atoms with Crippen molar-refractivity contribution in [1.29, 1.82) is 0 Å². The number of hydrogen-bond donors (Lipinski definition) is 1. The van der Waals surface area contributed by atoms with Crippen LogP contribution in [0.4, 0.5) is 5.69 Å². The summed E-state index contributed by atoms with van der Waals surface area (Å²) in [6.45, 7) is 6.33. The number of nitrogens with two attached hydrogens (primary N) is 1. The van der Waals surface area contributed by atoms with E-state index in [1.807, 2.05) is 97.0 Å². The Morgan fingerprint density at radius 1 is 0.714 bits per heavy atom. The number of methoxy groups -OCH3 is 1. The van der Waals surface area contributed by atoms with Gasteiger partial charge in [-0.2, -0.15) is 10.2 Å². The zero-order valence-electron chi connectivity index (χ0n) is 27.8. The second-order valence-corrected chi connectivity index (χ2v) is 12.3. The van der Waals surface area contributed by atoms with E-state index in [9.17, 15) is 0 Å². The lowest BCUT2D eigenvalue weighted by Crippen LogP contribution is -2.08. The van der Waals surface area contributed by atoms with E-state index in [2.05, 4.69) is 29.2 Å². The van der Waals surface area contributed by atoms with Crippen LogP contribution < -0.4 is 19.9 Å². The number of fused-ring (bicyclic) bond motifs is 5. The molecule has 3 aliphatic heterocycles. The molecule has 2 N–H and O–H groups in total. The molecule has 3 aliphatic rings. The fourth-order valence-corrected chi connectivity index (χ4v) is 6.37. The van der Waals surface area contributed by atoms with Crippen molar-refractivity contribution in [3.05, 3.63) is 153 Å². The monoisotopic (exact) mass is 649 g/mol. The van der Waals surface area contributed by atoms with Crippen molar-refractivity contribution < 1.29 is 14.2 Å². The van der Waals surface area contributed by atoms with E-state index in [1.54, 1.807) is 7.11 Å². The highest BCUT2D eigenvalue weighted by Crippen LogP contribution is 2.38. The zero-order chi connectivity index (χ0) is 33.6. The lowest BCUT2D eigenvalue weighted by molar-refractivity contribution is 0.174. The van der Waals surface area contributed by atoms with Crippen LogP contribution in [0.2, 0.25) is 0 Å². The van der Waals surface area contributed by atoms with Crippen LogP contribution in [0.15, 0.2) is 101 Å². The Balaban J connectivity index is 0.000000143. The van der Waals surface area contributed by atoms with Crippen LogP contribution in [0.3, 0.4) is 0 Å². The van der Waals surface area contributed by atoms with Gasteiger partial charge >= 0.3 is 0 Å². The maximum Gasteiger partial charge on any atom is 0.231 e. The van der Waals surface area contributed by atoms with Gasteiger partial charge < -0.3 is 19.9 Å². The van der Waals surface area contributed by atoms with Crippen molar-refractivity contribution in [2.75, 3.05) is 19.6 Å². The molecule has 0 radical (unpaired) electrons. The Labute approximate surface area is 284 Å². The molecule has 49 heavy (non-hydrogen) atoms. The fraction of sp³-hybridized carbons (Fsp3) is 0.179. The van der Waals surface area contributed by atoms with Gasteiger partial charge in [-0.3, -0.25) is 0 Å². The number of hydrogen-bond acceptors (Lipinski definition) is 8. The molecule has 0 spiro atoms. The van der Waals surface area contributed by atoms with E-state index in [1.165, 1.54) is 5.56 Å². The molecule has 0 saturated carbocycles. The predicted molar refractivity (Wildman–Crippen MR) is 189 cm³/mol. The Morgan fingerprint density at radius 2 is 1.39 bits per heavy atom. The fourth-order valence-electron chi connectivity index (χ4n) is 6.37. The average Bonchev–Trinajstić information content (AvgIpc) is 3.72. The molecule has 5 heterocycles. The van der Waals surface area contributed by atoms with E-state index in [0.717, 1.165) is 97.3 Å². The Hall–Kier alpha value is -6.16. The van der Waals surface area contributed by atoms with Crippen molar-refractivity contribution in [3.63, 3.8) is 0 Å². The van der Waals surface area contributed by atoms with E-state index in [0.29, 0.717) is 6.42 Å². The van der Waals surface area contributed by atoms with Crippen LogP contribution in [-0.2, 0) is 12.8 Å². The summed E-state index contributed by atoms with van der Waals surface area (Å²) in [4.78, 5) is 9.22. The van der Waals surface area contributed by atoms with Gasteiger partial charge in [0.2, 0.25) is 6.79 Å². The molecule has 9 rings (SSSR count). The molecule has 0 bridgehead atoms. The van der Waals surface area contributed by atoms with Gasteiger partial charge in [0, 0.05) is 40.8 Å². The number of benzene rings is 4. The summed E-state index contributed by atoms with van der Waals surface area (Å²) >= 11 is 0. The van der Waals surface area contributed by atoms with Crippen LogP contribution >= 0.6 is 0 Å². The first-order valence-electron chi connectivity index (χ1n) is 16.1. The molecule has 0 amide bonds. The van der Waals surface area contributed by atoms with Crippen LogP contribution in [0.25, 0.3) is 0 Å². The lowest BCUT2D eigenvalue weighted by Gasteiger charge is -2.11. The number of ether oxygens (including phenoxy) is 3. The third-order valence-corrected chi connectivity index (χ3v) is 9.12. The summed E-state index contributed by atoms with van der Waals surface area (Å²) in [5, 5.41) is 9.86. The summed E-state index contributed by atoms with van der Waals surface area (Å²) in [5.41, 5.74) is 18.0. The summed E-state index contributed by atoms with van der Waals surface area (Å²) in [7, 11) is 1.69. The summed E-state index contributed by atoms with van der Waals surface area (Å²) in [5.74, 6) is 4.24. The maximum absolute atomic E-state index is 5.87. The standard InChI is InChI=1S/C20H18N4O2.C19H17N3O/c1-11-12(2)24-19(22-11)8-14-7-17-18(26-10-25-17)9-16(14)20(23-24)13-3-5-15(21)6-4-13;1-13-12-20-18-10-15-8-9-16(23-2)11-17(15)19(21-22(13)18)14-6-4-3-5-7-14/h3-7,9H,8,10,21H2,1-2H3;3-9,11-12H,10H2,1-2H3. The van der Waals surface area contributed by atoms with E-state index < -0.39 is 0 Å². The van der Waals surface area contributed by atoms with Crippen molar-refractivity contribution in [3.8, 4) is 17.2 Å². The molecule has 10 nitrogen and oxygen atoms in total. The number of imidazole rings is 2. The largest absolute Gasteiger partial charge is 0.497 e. The maximum atomic E-state index is 5.87. The number of aromatic nitrogens is 4. The number of rotatable bonds is 3. The van der Waals surface area contributed by atoms with E-state index >= 15 is 0 Å². The SMILES string of the molecule is COc1ccc2c(c1)C(c1ccccc1)=Nn1c(C)cnc1C2.Cc1nc2n(c1C)N=C(c1ccc(N)cc1)c1cc3c(cc1C2)OCO3. The number of nitrogen functional groups attached to an aromatic ring is 1. The van der Waals surface area contributed by atoms with Gasteiger partial charge in [0.1, 0.15) is 17.4 Å².